The second-order valence-corrected chi connectivity index (χ2v) is 4.37. The summed E-state index contributed by atoms with van der Waals surface area (Å²) in [5.74, 6) is 1.07. The van der Waals surface area contributed by atoms with Gasteiger partial charge in [0.15, 0.2) is 0 Å². The van der Waals surface area contributed by atoms with Gasteiger partial charge in [-0.1, -0.05) is 0 Å². The molecule has 21 heavy (non-hydrogen) atoms. The zero-order valence-corrected chi connectivity index (χ0v) is 11.6. The lowest BCUT2D eigenvalue weighted by Crippen LogP contribution is -2.00. The number of hydrogen-bond donors (Lipinski definition) is 1. The molecule has 0 bridgehead atoms. The zero-order chi connectivity index (χ0) is 14.7. The van der Waals surface area contributed by atoms with Crippen molar-refractivity contribution in [3.8, 4) is 22.8 Å². The van der Waals surface area contributed by atoms with E-state index in [1.54, 1.807) is 24.9 Å². The van der Waals surface area contributed by atoms with Gasteiger partial charge in [-0.25, -0.2) is 15.0 Å². The molecule has 3 heterocycles. The lowest BCUT2D eigenvalue weighted by atomic mass is 10.2. The van der Waals surface area contributed by atoms with Gasteiger partial charge in [0.1, 0.15) is 5.82 Å². The number of aromatic nitrogens is 4. The van der Waals surface area contributed by atoms with Crippen LogP contribution >= 0.6 is 0 Å². The normalized spacial score (nSPS) is 10.5. The molecule has 0 radical (unpaired) electrons. The van der Waals surface area contributed by atoms with E-state index in [1.807, 2.05) is 35.8 Å². The van der Waals surface area contributed by atoms with Crippen LogP contribution in [0, 0.1) is 0 Å². The van der Waals surface area contributed by atoms with Crippen LogP contribution in [0.25, 0.3) is 16.9 Å². The minimum Gasteiger partial charge on any atom is -0.478 e. The molecular weight excluding hydrogens is 266 g/mol. The number of pyridine rings is 2. The van der Waals surface area contributed by atoms with Crippen molar-refractivity contribution in [1.82, 2.24) is 19.5 Å². The van der Waals surface area contributed by atoms with E-state index in [4.69, 9.17) is 10.5 Å². The molecule has 106 valence electrons. The highest BCUT2D eigenvalue weighted by atomic mass is 16.5. The van der Waals surface area contributed by atoms with Crippen molar-refractivity contribution in [2.24, 2.45) is 0 Å². The maximum absolute atomic E-state index is 5.93. The predicted molar refractivity (Wildman–Crippen MR) is 80.2 cm³/mol. The van der Waals surface area contributed by atoms with Crippen molar-refractivity contribution in [1.29, 1.82) is 0 Å². The first-order chi connectivity index (χ1) is 10.3. The van der Waals surface area contributed by atoms with Crippen LogP contribution in [0.5, 0.6) is 5.88 Å². The van der Waals surface area contributed by atoms with Gasteiger partial charge in [0.2, 0.25) is 5.88 Å². The number of nitrogens with zero attached hydrogens (tertiary/aromatic N) is 4. The highest BCUT2D eigenvalue weighted by molar-refractivity contribution is 5.71. The minimum atomic E-state index is 0.471. The number of anilines is 1. The van der Waals surface area contributed by atoms with Crippen LogP contribution in [-0.2, 0) is 0 Å². The molecule has 0 atom stereocenters. The molecule has 0 saturated heterocycles. The molecule has 3 aromatic rings. The second-order valence-electron chi connectivity index (χ2n) is 4.37. The fourth-order valence-electron chi connectivity index (χ4n) is 2.08. The molecule has 0 unspecified atom stereocenters. The number of ether oxygens (including phenoxy) is 1. The Morgan fingerprint density at radius 3 is 2.81 bits per heavy atom. The summed E-state index contributed by atoms with van der Waals surface area (Å²) in [7, 11) is 0. The monoisotopic (exact) mass is 281 g/mol. The summed E-state index contributed by atoms with van der Waals surface area (Å²) >= 11 is 0. The molecule has 0 aliphatic rings. The van der Waals surface area contributed by atoms with Crippen molar-refractivity contribution in [3.05, 3.63) is 49.2 Å². The van der Waals surface area contributed by atoms with Gasteiger partial charge in [-0.05, 0) is 25.1 Å². The molecule has 0 spiro atoms. The molecule has 3 aromatic heterocycles. The Morgan fingerprint density at radius 2 is 2.10 bits per heavy atom. The van der Waals surface area contributed by atoms with Gasteiger partial charge in [-0.3, -0.25) is 4.57 Å². The SMILES string of the molecule is CCOc1ccc(-n2cncc2-c2cccnc2N)cn1. The van der Waals surface area contributed by atoms with Crippen LogP contribution in [0.15, 0.2) is 49.2 Å². The van der Waals surface area contributed by atoms with E-state index in [2.05, 4.69) is 15.0 Å². The van der Waals surface area contributed by atoms with E-state index < -0.39 is 0 Å². The molecular formula is C15H15N5O. The van der Waals surface area contributed by atoms with Crippen molar-refractivity contribution in [3.63, 3.8) is 0 Å². The smallest absolute Gasteiger partial charge is 0.213 e. The highest BCUT2D eigenvalue weighted by Gasteiger charge is 2.10. The molecule has 6 heteroatoms. The van der Waals surface area contributed by atoms with Crippen molar-refractivity contribution in [2.75, 3.05) is 12.3 Å². The van der Waals surface area contributed by atoms with Crippen LogP contribution in [-0.4, -0.2) is 26.1 Å². The average molecular weight is 281 g/mol. The molecule has 0 aliphatic heterocycles. The average Bonchev–Trinajstić information content (AvgIpc) is 2.98. The van der Waals surface area contributed by atoms with Gasteiger partial charge < -0.3 is 10.5 Å². The highest BCUT2D eigenvalue weighted by Crippen LogP contribution is 2.26. The molecule has 0 amide bonds. The topological polar surface area (TPSA) is 78.8 Å². The number of imidazole rings is 1. The van der Waals surface area contributed by atoms with E-state index in [-0.39, 0.29) is 0 Å². The maximum atomic E-state index is 5.93. The first kappa shape index (κ1) is 13.1. The second kappa shape index (κ2) is 5.62. The summed E-state index contributed by atoms with van der Waals surface area (Å²) in [6.07, 6.45) is 6.88. The number of nitrogen functional groups attached to an aromatic ring is 1. The third kappa shape index (κ3) is 2.55. The predicted octanol–water partition coefficient (Wildman–Crippen LogP) is 2.31. The van der Waals surface area contributed by atoms with Crippen molar-refractivity contribution < 1.29 is 4.74 Å². The Hall–Kier alpha value is -2.89. The van der Waals surface area contributed by atoms with Gasteiger partial charge in [-0.15, -0.1) is 0 Å². The summed E-state index contributed by atoms with van der Waals surface area (Å²) in [4.78, 5) is 12.6. The summed E-state index contributed by atoms with van der Waals surface area (Å²) in [6.45, 7) is 2.52. The van der Waals surface area contributed by atoms with Gasteiger partial charge in [-0.2, -0.15) is 0 Å². The van der Waals surface area contributed by atoms with Crippen LogP contribution in [0.1, 0.15) is 6.92 Å². The Kier molecular flexibility index (Phi) is 3.51. The maximum Gasteiger partial charge on any atom is 0.213 e. The number of hydrogen-bond acceptors (Lipinski definition) is 5. The fraction of sp³-hybridized carbons (Fsp3) is 0.133. The van der Waals surface area contributed by atoms with Gasteiger partial charge >= 0.3 is 0 Å². The first-order valence-electron chi connectivity index (χ1n) is 6.62. The molecule has 2 N–H and O–H groups in total. The number of nitrogens with two attached hydrogens (primary N) is 1. The van der Waals surface area contributed by atoms with Crippen molar-refractivity contribution >= 4 is 5.82 Å². The third-order valence-corrected chi connectivity index (χ3v) is 3.04. The first-order valence-corrected chi connectivity index (χ1v) is 6.62. The van der Waals surface area contributed by atoms with Crippen LogP contribution in [0.4, 0.5) is 5.82 Å². The fourth-order valence-corrected chi connectivity index (χ4v) is 2.08. The van der Waals surface area contributed by atoms with Crippen LogP contribution in [0.2, 0.25) is 0 Å². The standard InChI is InChI=1S/C15H15N5O/c1-2-21-14-6-5-11(8-19-14)20-10-17-9-13(20)12-4-3-7-18-15(12)16/h3-10H,2H2,1H3,(H2,16,18). The molecule has 3 rings (SSSR count). The van der Waals surface area contributed by atoms with Crippen LogP contribution < -0.4 is 10.5 Å². The molecule has 0 aromatic carbocycles. The van der Waals surface area contributed by atoms with E-state index in [0.29, 0.717) is 18.3 Å². The lowest BCUT2D eigenvalue weighted by molar-refractivity contribution is 0.327. The van der Waals surface area contributed by atoms with E-state index in [0.717, 1.165) is 16.9 Å². The summed E-state index contributed by atoms with van der Waals surface area (Å²) in [5.41, 5.74) is 8.52. The molecule has 0 fully saturated rings. The van der Waals surface area contributed by atoms with Gasteiger partial charge in [0, 0.05) is 17.8 Å². The zero-order valence-electron chi connectivity index (χ0n) is 11.6. The van der Waals surface area contributed by atoms with Crippen molar-refractivity contribution in [2.45, 2.75) is 6.92 Å². The summed E-state index contributed by atoms with van der Waals surface area (Å²) < 4.78 is 7.26. The van der Waals surface area contributed by atoms with Gasteiger partial charge in [0.05, 0.1) is 36.7 Å². The minimum absolute atomic E-state index is 0.471. The van der Waals surface area contributed by atoms with E-state index in [1.165, 1.54) is 0 Å². The molecule has 0 saturated carbocycles. The van der Waals surface area contributed by atoms with E-state index >= 15 is 0 Å². The quantitative estimate of drug-likeness (QED) is 0.794. The summed E-state index contributed by atoms with van der Waals surface area (Å²) in [6, 6.07) is 7.52. The Labute approximate surface area is 122 Å². The molecule has 0 aliphatic carbocycles. The van der Waals surface area contributed by atoms with Crippen LogP contribution in [0.3, 0.4) is 0 Å². The van der Waals surface area contributed by atoms with Gasteiger partial charge in [0.25, 0.3) is 0 Å². The molecule has 6 nitrogen and oxygen atoms in total. The Bertz CT molecular complexity index is 736. The summed E-state index contributed by atoms with van der Waals surface area (Å²) in [5, 5.41) is 0. The Balaban J connectivity index is 2.01. The Morgan fingerprint density at radius 1 is 1.19 bits per heavy atom. The lowest BCUT2D eigenvalue weighted by Gasteiger charge is -2.10. The largest absolute Gasteiger partial charge is 0.478 e. The number of rotatable bonds is 4. The van der Waals surface area contributed by atoms with E-state index in [9.17, 15) is 0 Å². The third-order valence-electron chi connectivity index (χ3n) is 3.04.